The fourth-order valence-corrected chi connectivity index (χ4v) is 4.96. The largest absolute Gasteiger partial charge is 0.481 e. The molecule has 0 aromatic heterocycles. The van der Waals surface area contributed by atoms with Crippen LogP contribution >= 0.6 is 11.8 Å². The van der Waals surface area contributed by atoms with E-state index >= 15 is 0 Å². The number of carboxylic acid groups (broad SMARTS) is 1. The first-order chi connectivity index (χ1) is 10.1. The second-order valence-electron chi connectivity index (χ2n) is 6.32. The summed E-state index contributed by atoms with van der Waals surface area (Å²) in [4.78, 5) is 14.4. The van der Waals surface area contributed by atoms with Gasteiger partial charge in [-0.05, 0) is 37.9 Å². The second-order valence-corrected chi connectivity index (χ2v) is 7.79. The van der Waals surface area contributed by atoms with E-state index in [0.717, 1.165) is 36.7 Å². The maximum Gasteiger partial charge on any atom is 0.314 e. The fraction of sp³-hybridized carbons (Fsp3) is 0.588. The van der Waals surface area contributed by atoms with E-state index in [4.69, 9.17) is 0 Å². The lowest BCUT2D eigenvalue weighted by Crippen LogP contribution is -2.50. The van der Waals surface area contributed by atoms with E-state index < -0.39 is 11.4 Å². The van der Waals surface area contributed by atoms with Crippen molar-refractivity contribution in [3.8, 4) is 0 Å². The smallest absolute Gasteiger partial charge is 0.314 e. The summed E-state index contributed by atoms with van der Waals surface area (Å²) in [6.45, 7) is 4.10. The molecule has 0 aliphatic carbocycles. The maximum atomic E-state index is 11.9. The molecule has 2 fully saturated rings. The van der Waals surface area contributed by atoms with Crippen LogP contribution in [0.15, 0.2) is 30.3 Å². The Hall–Kier alpha value is -1.00. The molecule has 3 rings (SSSR count). The Bertz CT molecular complexity index is 497. The highest BCUT2D eigenvalue weighted by Gasteiger charge is 2.44. The average molecular weight is 305 g/mol. The van der Waals surface area contributed by atoms with Gasteiger partial charge in [0, 0.05) is 17.0 Å². The van der Waals surface area contributed by atoms with Gasteiger partial charge >= 0.3 is 5.97 Å². The molecule has 2 aliphatic heterocycles. The van der Waals surface area contributed by atoms with Gasteiger partial charge in [0.05, 0.1) is 5.41 Å². The summed E-state index contributed by atoms with van der Waals surface area (Å²) < 4.78 is 0. The Labute approximate surface area is 130 Å². The normalized spacial score (nSPS) is 29.4. The molecule has 1 aromatic rings. The van der Waals surface area contributed by atoms with E-state index in [1.165, 1.54) is 12.2 Å². The number of benzene rings is 1. The van der Waals surface area contributed by atoms with Crippen molar-refractivity contribution in [2.45, 2.75) is 42.9 Å². The SMILES string of the molecule is CC1CC(N2CCC(C(=O)O)(c3ccccc3)CC2)CS1. The Balaban J connectivity index is 1.74. The van der Waals surface area contributed by atoms with Gasteiger partial charge in [0.25, 0.3) is 0 Å². The van der Waals surface area contributed by atoms with E-state index in [1.54, 1.807) is 0 Å². The number of thioether (sulfide) groups is 1. The summed E-state index contributed by atoms with van der Waals surface area (Å²) in [6, 6.07) is 10.4. The number of hydrogen-bond acceptors (Lipinski definition) is 3. The first-order valence-corrected chi connectivity index (χ1v) is 8.81. The maximum absolute atomic E-state index is 11.9. The molecule has 2 unspecified atom stereocenters. The van der Waals surface area contributed by atoms with Crippen LogP contribution in [-0.2, 0) is 10.2 Å². The molecule has 3 nitrogen and oxygen atoms in total. The number of likely N-dealkylation sites (tertiary alicyclic amines) is 1. The van der Waals surface area contributed by atoms with Crippen molar-refractivity contribution in [2.75, 3.05) is 18.8 Å². The van der Waals surface area contributed by atoms with Gasteiger partial charge in [-0.3, -0.25) is 9.69 Å². The van der Waals surface area contributed by atoms with Crippen molar-refractivity contribution in [3.05, 3.63) is 35.9 Å². The van der Waals surface area contributed by atoms with Crippen LogP contribution in [0.2, 0.25) is 0 Å². The number of nitrogens with zero attached hydrogens (tertiary/aromatic N) is 1. The van der Waals surface area contributed by atoms with Crippen LogP contribution in [0, 0.1) is 0 Å². The molecule has 0 radical (unpaired) electrons. The average Bonchev–Trinajstić information content (AvgIpc) is 2.94. The van der Waals surface area contributed by atoms with Crippen LogP contribution in [0.25, 0.3) is 0 Å². The fourth-order valence-electron chi connectivity index (χ4n) is 3.70. The van der Waals surface area contributed by atoms with E-state index in [1.807, 2.05) is 42.1 Å². The summed E-state index contributed by atoms with van der Waals surface area (Å²) in [7, 11) is 0. The third-order valence-corrected chi connectivity index (χ3v) is 6.42. The zero-order chi connectivity index (χ0) is 14.9. The van der Waals surface area contributed by atoms with Gasteiger partial charge in [0.2, 0.25) is 0 Å². The molecular formula is C17H23NO2S. The zero-order valence-corrected chi connectivity index (χ0v) is 13.3. The van der Waals surface area contributed by atoms with Crippen molar-refractivity contribution in [1.82, 2.24) is 4.90 Å². The molecule has 0 spiro atoms. The number of carbonyl (C=O) groups is 1. The van der Waals surface area contributed by atoms with Gasteiger partial charge < -0.3 is 5.11 Å². The molecule has 4 heteroatoms. The molecule has 0 saturated carbocycles. The quantitative estimate of drug-likeness (QED) is 0.932. The molecular weight excluding hydrogens is 282 g/mol. The van der Waals surface area contributed by atoms with Crippen LogP contribution in [0.4, 0.5) is 0 Å². The van der Waals surface area contributed by atoms with Crippen LogP contribution in [0.1, 0.15) is 31.7 Å². The highest BCUT2D eigenvalue weighted by Crippen LogP contribution is 2.38. The van der Waals surface area contributed by atoms with E-state index in [-0.39, 0.29) is 0 Å². The molecule has 1 N–H and O–H groups in total. The lowest BCUT2D eigenvalue weighted by atomic mass is 9.72. The number of hydrogen-bond donors (Lipinski definition) is 1. The van der Waals surface area contributed by atoms with Crippen LogP contribution in [0.3, 0.4) is 0 Å². The lowest BCUT2D eigenvalue weighted by Gasteiger charge is -2.41. The number of rotatable bonds is 3. The number of carboxylic acids is 1. The monoisotopic (exact) mass is 305 g/mol. The predicted octanol–water partition coefficient (Wildman–Crippen LogP) is 3.00. The van der Waals surface area contributed by atoms with Crippen molar-refractivity contribution < 1.29 is 9.90 Å². The number of piperidine rings is 1. The van der Waals surface area contributed by atoms with Gasteiger partial charge in [-0.1, -0.05) is 37.3 Å². The minimum Gasteiger partial charge on any atom is -0.481 e. The molecule has 2 heterocycles. The van der Waals surface area contributed by atoms with E-state index in [9.17, 15) is 9.90 Å². The van der Waals surface area contributed by atoms with Gasteiger partial charge in [-0.25, -0.2) is 0 Å². The first-order valence-electron chi connectivity index (χ1n) is 7.76. The van der Waals surface area contributed by atoms with Crippen LogP contribution in [-0.4, -0.2) is 46.1 Å². The number of aliphatic carboxylic acids is 1. The highest BCUT2D eigenvalue weighted by molar-refractivity contribution is 8.00. The van der Waals surface area contributed by atoms with Gasteiger partial charge in [-0.2, -0.15) is 11.8 Å². The van der Waals surface area contributed by atoms with Gasteiger partial charge in [0.15, 0.2) is 0 Å². The van der Waals surface area contributed by atoms with Crippen molar-refractivity contribution in [3.63, 3.8) is 0 Å². The Kier molecular flexibility index (Phi) is 4.27. The third kappa shape index (κ3) is 2.84. The minimum absolute atomic E-state index is 0.646. The van der Waals surface area contributed by atoms with E-state index in [2.05, 4.69) is 11.8 Å². The summed E-state index contributed by atoms with van der Waals surface area (Å²) in [5.74, 6) is 0.537. The van der Waals surface area contributed by atoms with Crippen molar-refractivity contribution in [2.24, 2.45) is 0 Å². The molecule has 0 amide bonds. The zero-order valence-electron chi connectivity index (χ0n) is 12.5. The standard InChI is InChI=1S/C17H23NO2S/c1-13-11-15(12-21-13)18-9-7-17(8-10-18,16(19)20)14-5-3-2-4-6-14/h2-6,13,15H,7-12H2,1H3,(H,19,20). The third-order valence-electron chi connectivity index (χ3n) is 5.08. The summed E-state index contributed by atoms with van der Waals surface area (Å²) in [5.41, 5.74) is 0.279. The summed E-state index contributed by atoms with van der Waals surface area (Å²) in [6.07, 6.45) is 2.69. The Morgan fingerprint density at radius 1 is 1.29 bits per heavy atom. The molecule has 2 aliphatic rings. The lowest BCUT2D eigenvalue weighted by molar-refractivity contribution is -0.146. The van der Waals surface area contributed by atoms with Crippen molar-refractivity contribution in [1.29, 1.82) is 0 Å². The Morgan fingerprint density at radius 3 is 2.48 bits per heavy atom. The highest BCUT2D eigenvalue weighted by atomic mass is 32.2. The predicted molar refractivity (Wildman–Crippen MR) is 86.9 cm³/mol. The molecule has 1 aromatic carbocycles. The second kappa shape index (κ2) is 6.01. The minimum atomic E-state index is -0.685. The topological polar surface area (TPSA) is 40.5 Å². The Morgan fingerprint density at radius 2 is 1.95 bits per heavy atom. The van der Waals surface area contributed by atoms with Gasteiger partial charge in [0.1, 0.15) is 0 Å². The van der Waals surface area contributed by atoms with E-state index in [0.29, 0.717) is 6.04 Å². The molecule has 0 bridgehead atoms. The summed E-state index contributed by atoms with van der Waals surface area (Å²) in [5, 5.41) is 10.6. The molecule has 2 atom stereocenters. The summed E-state index contributed by atoms with van der Waals surface area (Å²) >= 11 is 2.04. The van der Waals surface area contributed by atoms with Gasteiger partial charge in [-0.15, -0.1) is 0 Å². The van der Waals surface area contributed by atoms with Crippen LogP contribution in [0.5, 0.6) is 0 Å². The molecule has 114 valence electrons. The molecule has 2 saturated heterocycles. The molecule has 21 heavy (non-hydrogen) atoms. The van der Waals surface area contributed by atoms with Crippen molar-refractivity contribution >= 4 is 17.7 Å². The first kappa shape index (κ1) is 14.9. The van der Waals surface area contributed by atoms with Crippen LogP contribution < -0.4 is 0 Å².